The molecular weight excluding hydrogens is 359 g/mol. The predicted molar refractivity (Wildman–Crippen MR) is 100 cm³/mol. The first-order valence-electron chi connectivity index (χ1n) is 8.01. The Bertz CT molecular complexity index is 1180. The summed E-state index contributed by atoms with van der Waals surface area (Å²) in [6.07, 6.45) is 3.95. The van der Waals surface area contributed by atoms with Crippen molar-refractivity contribution in [3.63, 3.8) is 0 Å². The van der Waals surface area contributed by atoms with Crippen LogP contribution in [-0.4, -0.2) is 9.55 Å². The van der Waals surface area contributed by atoms with E-state index in [9.17, 15) is 9.18 Å². The molecule has 6 heteroatoms. The number of fused-ring (bicyclic) bond motifs is 2. The Hall–Kier alpha value is -2.24. The number of thiazole rings is 1. The highest BCUT2D eigenvalue weighted by atomic mass is 35.5. The molecule has 0 amide bonds. The van der Waals surface area contributed by atoms with E-state index in [-0.39, 0.29) is 10.5 Å². The molecule has 0 unspecified atom stereocenters. The molecule has 25 heavy (non-hydrogen) atoms. The second-order valence-corrected chi connectivity index (χ2v) is 7.72. The monoisotopic (exact) mass is 370 g/mol. The van der Waals surface area contributed by atoms with Crippen LogP contribution in [0.4, 0.5) is 4.39 Å². The number of benzene rings is 2. The Morgan fingerprint density at radius 1 is 1.24 bits per heavy atom. The molecule has 0 atom stereocenters. The van der Waals surface area contributed by atoms with Gasteiger partial charge in [0.2, 0.25) is 0 Å². The Labute approximate surface area is 151 Å². The van der Waals surface area contributed by atoms with E-state index in [0.29, 0.717) is 27.5 Å². The van der Waals surface area contributed by atoms with Crippen LogP contribution in [0, 0.1) is 5.82 Å². The lowest BCUT2D eigenvalue weighted by molar-refractivity contribution is 0.629. The van der Waals surface area contributed by atoms with Crippen molar-refractivity contribution in [2.45, 2.75) is 18.9 Å². The third kappa shape index (κ3) is 2.38. The maximum atomic E-state index is 14.0. The van der Waals surface area contributed by atoms with E-state index >= 15 is 0 Å². The van der Waals surface area contributed by atoms with Crippen molar-refractivity contribution >= 4 is 44.1 Å². The SMILES string of the molecule is O=c1c(-c2nc3ccccc3s2)cn(C2CC2)c2cc(Cl)c(F)cc12. The predicted octanol–water partition coefficient (Wildman–Crippen LogP) is 5.41. The third-order valence-corrected chi connectivity index (χ3v) is 5.90. The van der Waals surface area contributed by atoms with Gasteiger partial charge in [0.1, 0.15) is 10.8 Å². The van der Waals surface area contributed by atoms with E-state index in [0.717, 1.165) is 23.1 Å². The first kappa shape index (κ1) is 15.0. The van der Waals surface area contributed by atoms with Crippen molar-refractivity contribution in [1.82, 2.24) is 9.55 Å². The molecule has 2 heterocycles. The van der Waals surface area contributed by atoms with Crippen LogP contribution in [0.5, 0.6) is 0 Å². The highest BCUT2D eigenvalue weighted by Crippen LogP contribution is 2.39. The summed E-state index contributed by atoms with van der Waals surface area (Å²) in [5.74, 6) is -0.574. The maximum absolute atomic E-state index is 14.0. The second kappa shape index (κ2) is 5.38. The molecule has 124 valence electrons. The molecule has 2 aromatic carbocycles. The summed E-state index contributed by atoms with van der Waals surface area (Å²) >= 11 is 7.42. The molecule has 0 N–H and O–H groups in total. The highest BCUT2D eigenvalue weighted by Gasteiger charge is 2.27. The number of rotatable bonds is 2. The largest absolute Gasteiger partial charge is 0.343 e. The summed E-state index contributed by atoms with van der Waals surface area (Å²) in [4.78, 5) is 17.6. The van der Waals surface area contributed by atoms with Crippen molar-refractivity contribution in [3.8, 4) is 10.6 Å². The van der Waals surface area contributed by atoms with E-state index in [4.69, 9.17) is 11.6 Å². The minimum Gasteiger partial charge on any atom is -0.343 e. The number of nitrogens with zero attached hydrogens (tertiary/aromatic N) is 2. The van der Waals surface area contributed by atoms with Gasteiger partial charge in [-0.15, -0.1) is 11.3 Å². The Balaban J connectivity index is 1.85. The van der Waals surface area contributed by atoms with Gasteiger partial charge >= 0.3 is 0 Å². The molecule has 1 aliphatic carbocycles. The molecule has 0 aliphatic heterocycles. The maximum Gasteiger partial charge on any atom is 0.199 e. The fraction of sp³-hybridized carbons (Fsp3) is 0.158. The van der Waals surface area contributed by atoms with Crippen LogP contribution in [0.3, 0.4) is 0 Å². The van der Waals surface area contributed by atoms with Crippen molar-refractivity contribution in [2.24, 2.45) is 0 Å². The molecule has 0 bridgehead atoms. The summed E-state index contributed by atoms with van der Waals surface area (Å²) in [5.41, 5.74) is 1.86. The molecule has 1 aliphatic rings. The number of hydrogen-bond acceptors (Lipinski definition) is 3. The van der Waals surface area contributed by atoms with Crippen LogP contribution in [0.25, 0.3) is 31.7 Å². The summed E-state index contributed by atoms with van der Waals surface area (Å²) in [6.45, 7) is 0. The van der Waals surface area contributed by atoms with Crippen molar-refractivity contribution in [1.29, 1.82) is 0 Å². The average Bonchev–Trinajstić information content (AvgIpc) is 3.35. The normalized spacial score (nSPS) is 14.5. The zero-order chi connectivity index (χ0) is 17.1. The van der Waals surface area contributed by atoms with E-state index in [2.05, 4.69) is 4.98 Å². The Morgan fingerprint density at radius 3 is 2.80 bits per heavy atom. The number of aromatic nitrogens is 2. The van der Waals surface area contributed by atoms with Gasteiger partial charge in [-0.25, -0.2) is 9.37 Å². The molecule has 0 radical (unpaired) electrons. The van der Waals surface area contributed by atoms with Gasteiger partial charge in [-0.05, 0) is 37.1 Å². The van der Waals surface area contributed by atoms with Crippen LogP contribution in [0.15, 0.2) is 47.4 Å². The zero-order valence-corrected chi connectivity index (χ0v) is 14.6. The summed E-state index contributed by atoms with van der Waals surface area (Å²) in [6, 6.07) is 10.9. The molecule has 5 rings (SSSR count). The summed E-state index contributed by atoms with van der Waals surface area (Å²) < 4.78 is 17.1. The van der Waals surface area contributed by atoms with E-state index < -0.39 is 5.82 Å². The van der Waals surface area contributed by atoms with Crippen LogP contribution in [-0.2, 0) is 0 Å². The van der Waals surface area contributed by atoms with Gasteiger partial charge in [-0.2, -0.15) is 0 Å². The lowest BCUT2D eigenvalue weighted by atomic mass is 10.1. The van der Waals surface area contributed by atoms with Crippen LogP contribution < -0.4 is 5.43 Å². The smallest absolute Gasteiger partial charge is 0.199 e. The van der Waals surface area contributed by atoms with Crippen molar-refractivity contribution in [2.75, 3.05) is 0 Å². The minimum absolute atomic E-state index is 0.0361. The first-order valence-corrected chi connectivity index (χ1v) is 9.21. The third-order valence-electron chi connectivity index (χ3n) is 4.54. The molecule has 3 nitrogen and oxygen atoms in total. The van der Waals surface area contributed by atoms with Crippen molar-refractivity contribution < 1.29 is 4.39 Å². The molecule has 1 saturated carbocycles. The molecule has 4 aromatic rings. The average molecular weight is 371 g/mol. The standard InChI is InChI=1S/C19H12ClFN2OS/c20-13-8-16-11(7-14(13)21)18(24)12(9-23(16)10-5-6-10)19-22-15-3-1-2-4-17(15)25-19/h1-4,7-10H,5-6H2. The first-order chi connectivity index (χ1) is 12.1. The van der Waals surface area contributed by atoms with Crippen molar-refractivity contribution in [3.05, 3.63) is 63.7 Å². The van der Waals surface area contributed by atoms with E-state index in [1.54, 1.807) is 6.07 Å². The van der Waals surface area contributed by atoms with Gasteiger partial charge in [0.25, 0.3) is 0 Å². The molecule has 1 fully saturated rings. The molecule has 2 aromatic heterocycles. The van der Waals surface area contributed by atoms with Gasteiger partial charge in [-0.3, -0.25) is 4.79 Å². The lowest BCUT2D eigenvalue weighted by Gasteiger charge is -2.12. The van der Waals surface area contributed by atoms with E-state index in [1.807, 2.05) is 35.0 Å². The van der Waals surface area contributed by atoms with Gasteiger partial charge < -0.3 is 4.57 Å². The summed E-state index contributed by atoms with van der Waals surface area (Å²) in [7, 11) is 0. The zero-order valence-electron chi connectivity index (χ0n) is 13.0. The lowest BCUT2D eigenvalue weighted by Crippen LogP contribution is -2.12. The summed E-state index contributed by atoms with van der Waals surface area (Å²) in [5, 5.41) is 1.05. The Morgan fingerprint density at radius 2 is 2.04 bits per heavy atom. The highest BCUT2D eigenvalue weighted by molar-refractivity contribution is 7.21. The van der Waals surface area contributed by atoms with Crippen LogP contribution >= 0.6 is 22.9 Å². The van der Waals surface area contributed by atoms with Crippen LogP contribution in [0.2, 0.25) is 5.02 Å². The van der Waals surface area contributed by atoms with Gasteiger partial charge in [-0.1, -0.05) is 23.7 Å². The van der Waals surface area contributed by atoms with Gasteiger partial charge in [0.15, 0.2) is 5.43 Å². The number of hydrogen-bond donors (Lipinski definition) is 0. The molecular formula is C19H12ClFN2OS. The second-order valence-electron chi connectivity index (χ2n) is 6.28. The Kier molecular flexibility index (Phi) is 3.24. The molecule has 0 saturated heterocycles. The number of halogens is 2. The van der Waals surface area contributed by atoms with E-state index in [1.165, 1.54) is 17.4 Å². The topological polar surface area (TPSA) is 34.9 Å². The fourth-order valence-corrected chi connectivity index (χ4v) is 4.27. The van der Waals surface area contributed by atoms with Crippen LogP contribution in [0.1, 0.15) is 18.9 Å². The quantitative estimate of drug-likeness (QED) is 0.473. The van der Waals surface area contributed by atoms with Gasteiger partial charge in [0.05, 0.1) is 26.3 Å². The number of para-hydroxylation sites is 1. The minimum atomic E-state index is -0.574. The molecule has 0 spiro atoms. The fourth-order valence-electron chi connectivity index (χ4n) is 3.14. The number of pyridine rings is 1. The van der Waals surface area contributed by atoms with Gasteiger partial charge in [0, 0.05) is 17.6 Å².